The van der Waals surface area contributed by atoms with E-state index < -0.39 is 48.9 Å². The fraction of sp³-hybridized carbons (Fsp3) is 0.453. The van der Waals surface area contributed by atoms with Crippen LogP contribution in [-0.2, 0) is 47.1 Å². The van der Waals surface area contributed by atoms with Crippen molar-refractivity contribution in [2.45, 2.75) is 99.2 Å². The van der Waals surface area contributed by atoms with Crippen LogP contribution in [0.15, 0.2) is 117 Å². The molecular formula is C53H68N3O11S2+. The van der Waals surface area contributed by atoms with Crippen LogP contribution < -0.4 is 4.74 Å². The number of fused-ring (bicyclic) bond motifs is 2. The van der Waals surface area contributed by atoms with Gasteiger partial charge in [-0.2, -0.15) is 4.58 Å². The zero-order chi connectivity index (χ0) is 51.1. The number of carbonyl (C=O) groups is 2. The first-order valence-corrected chi connectivity index (χ1v) is 26.2. The molecule has 1 heterocycles. The minimum atomic E-state index is -4.75. The average molecular weight is 987 g/mol. The Bertz CT molecular complexity index is 2890. The maximum atomic E-state index is 13.1. The summed E-state index contributed by atoms with van der Waals surface area (Å²) in [5.41, 5.74) is 5.45. The number of nitrogens with zero attached hydrogens (tertiary/aromatic N) is 3. The van der Waals surface area contributed by atoms with E-state index in [0.717, 1.165) is 75.0 Å². The molecule has 2 N–H and O–H groups in total. The lowest BCUT2D eigenvalue weighted by atomic mass is 9.78. The summed E-state index contributed by atoms with van der Waals surface area (Å²) >= 11 is 0. The quantitative estimate of drug-likeness (QED) is 0.0675. The maximum absolute atomic E-state index is 13.1. The molecule has 0 fully saturated rings. The van der Waals surface area contributed by atoms with E-state index in [4.69, 9.17) is 4.74 Å². The first kappa shape index (κ1) is 53.1. The van der Waals surface area contributed by atoms with Crippen LogP contribution in [0.1, 0.15) is 94.4 Å². The van der Waals surface area contributed by atoms with E-state index in [9.17, 15) is 45.7 Å². The minimum absolute atomic E-state index is 0.0393. The number of ether oxygens (including phenoxy) is 1. The molecular weight excluding hydrogens is 919 g/mol. The fourth-order valence-corrected chi connectivity index (χ4v) is 11.0. The second-order valence-electron chi connectivity index (χ2n) is 21.8. The highest BCUT2D eigenvalue weighted by Crippen LogP contribution is 2.53. The molecule has 14 nitrogen and oxygen atoms in total. The molecule has 16 heteroatoms. The third-order valence-electron chi connectivity index (χ3n) is 13.7. The smallest absolute Gasteiger partial charge is 0.307 e. The molecule has 2 aliphatic carbocycles. The van der Waals surface area contributed by atoms with Crippen LogP contribution in [0.2, 0.25) is 0 Å². The average Bonchev–Trinajstić information content (AvgIpc) is 3.57. The Labute approximate surface area is 408 Å². The van der Waals surface area contributed by atoms with Gasteiger partial charge >= 0.3 is 11.9 Å². The SMILES string of the molecule is CC1(C)C(/C=C/C2=C(Oc3ccc(CCC(=O)O)cc3)C(=C/C=C3/C(CCC[N+](C)(C)C)c4ccc(S(=O)(=O)[O-])cc4C3(C)C)/CC(C(=O)O)C2)=[N+](CCC[N+](C)(C)C)c2ccc(S(=O)(=O)[O-])cc21. The Kier molecular flexibility index (Phi) is 15.3. The molecule has 2 unspecified atom stereocenters. The lowest BCUT2D eigenvalue weighted by molar-refractivity contribution is -0.871. The summed E-state index contributed by atoms with van der Waals surface area (Å²) in [7, 11) is 3.20. The summed E-state index contributed by atoms with van der Waals surface area (Å²) in [6, 6.07) is 16.2. The molecule has 3 aliphatic rings. The Balaban J connectivity index is 1.54. The van der Waals surface area contributed by atoms with Crippen LogP contribution >= 0.6 is 0 Å². The third kappa shape index (κ3) is 12.6. The van der Waals surface area contributed by atoms with Gasteiger partial charge in [0.1, 0.15) is 31.7 Å². The molecule has 0 spiro atoms. The molecule has 2 atom stereocenters. The monoisotopic (exact) mass is 986 g/mol. The number of rotatable bonds is 19. The highest BCUT2D eigenvalue weighted by Gasteiger charge is 2.45. The predicted octanol–water partition coefficient (Wildman–Crippen LogP) is 7.78. The fourth-order valence-electron chi connectivity index (χ4n) is 10.0. The van der Waals surface area contributed by atoms with Crippen LogP contribution in [-0.4, -0.2) is 129 Å². The zero-order valence-corrected chi connectivity index (χ0v) is 43.2. The van der Waals surface area contributed by atoms with E-state index in [2.05, 4.69) is 46.9 Å². The number of carboxylic acid groups (broad SMARTS) is 2. The van der Waals surface area contributed by atoms with Gasteiger partial charge in [-0.3, -0.25) is 9.59 Å². The summed E-state index contributed by atoms with van der Waals surface area (Å²) in [4.78, 5) is 23.8. The number of allylic oxidation sites excluding steroid dienone is 7. The molecule has 69 heavy (non-hydrogen) atoms. The van der Waals surface area contributed by atoms with Crippen molar-refractivity contribution in [3.63, 3.8) is 0 Å². The van der Waals surface area contributed by atoms with Gasteiger partial charge in [0.15, 0.2) is 12.3 Å². The lowest BCUT2D eigenvalue weighted by Gasteiger charge is -2.28. The summed E-state index contributed by atoms with van der Waals surface area (Å²) in [6.07, 6.45) is 10.6. The van der Waals surface area contributed by atoms with Gasteiger partial charge in [0.05, 0.1) is 82.9 Å². The molecule has 0 aromatic heterocycles. The molecule has 0 amide bonds. The topological polar surface area (TPSA) is 201 Å². The van der Waals surface area contributed by atoms with E-state index in [0.29, 0.717) is 41.2 Å². The third-order valence-corrected chi connectivity index (χ3v) is 15.3. The normalized spacial score (nSPS) is 20.5. The van der Waals surface area contributed by atoms with Gasteiger partial charge in [-0.1, -0.05) is 49.8 Å². The number of aryl methyl sites for hydroxylation is 1. The highest BCUT2D eigenvalue weighted by molar-refractivity contribution is 7.86. The van der Waals surface area contributed by atoms with Gasteiger partial charge in [0, 0.05) is 35.5 Å². The number of quaternary nitrogens is 2. The number of hydrogen-bond donors (Lipinski definition) is 2. The lowest BCUT2D eigenvalue weighted by Crippen LogP contribution is -2.36. The number of benzene rings is 3. The highest BCUT2D eigenvalue weighted by atomic mass is 32.2. The van der Waals surface area contributed by atoms with Crippen molar-refractivity contribution in [3.8, 4) is 5.75 Å². The largest absolute Gasteiger partial charge is 0.744 e. The van der Waals surface area contributed by atoms with Gasteiger partial charge < -0.3 is 33.0 Å². The van der Waals surface area contributed by atoms with Gasteiger partial charge in [0.25, 0.3) is 0 Å². The second-order valence-corrected chi connectivity index (χ2v) is 24.5. The molecule has 0 bridgehead atoms. The van der Waals surface area contributed by atoms with E-state index >= 15 is 0 Å². The first-order valence-electron chi connectivity index (χ1n) is 23.4. The summed E-state index contributed by atoms with van der Waals surface area (Å²) in [5, 5.41) is 20.0. The molecule has 3 aromatic carbocycles. The Morgan fingerprint density at radius 1 is 0.768 bits per heavy atom. The molecule has 6 rings (SSSR count). The van der Waals surface area contributed by atoms with Crippen molar-refractivity contribution < 1.29 is 64.0 Å². The number of aliphatic carboxylic acids is 2. The van der Waals surface area contributed by atoms with Crippen LogP contribution in [0, 0.1) is 5.92 Å². The molecule has 0 radical (unpaired) electrons. The zero-order valence-electron chi connectivity index (χ0n) is 41.5. The van der Waals surface area contributed by atoms with Crippen molar-refractivity contribution >= 4 is 43.6 Å². The van der Waals surface area contributed by atoms with Crippen LogP contribution in [0.3, 0.4) is 0 Å². The van der Waals surface area contributed by atoms with Crippen LogP contribution in [0.4, 0.5) is 5.69 Å². The van der Waals surface area contributed by atoms with Crippen molar-refractivity contribution in [3.05, 3.63) is 130 Å². The van der Waals surface area contributed by atoms with E-state index in [-0.39, 0.29) is 35.0 Å². The van der Waals surface area contributed by atoms with Gasteiger partial charge in [-0.15, -0.1) is 0 Å². The van der Waals surface area contributed by atoms with Crippen LogP contribution in [0.5, 0.6) is 5.75 Å². The van der Waals surface area contributed by atoms with Crippen LogP contribution in [0.25, 0.3) is 0 Å². The van der Waals surface area contributed by atoms with Gasteiger partial charge in [-0.05, 0) is 116 Å². The molecule has 0 saturated carbocycles. The van der Waals surface area contributed by atoms with E-state index in [1.54, 1.807) is 36.4 Å². The predicted molar refractivity (Wildman–Crippen MR) is 263 cm³/mol. The van der Waals surface area contributed by atoms with Crippen molar-refractivity contribution in [1.29, 1.82) is 0 Å². The molecule has 372 valence electrons. The van der Waals surface area contributed by atoms with Crippen molar-refractivity contribution in [2.24, 2.45) is 5.92 Å². The van der Waals surface area contributed by atoms with E-state index in [1.807, 2.05) is 52.0 Å². The minimum Gasteiger partial charge on any atom is -0.744 e. The Hall–Kier alpha value is -5.23. The maximum Gasteiger partial charge on any atom is 0.307 e. The molecule has 0 saturated heterocycles. The molecule has 1 aliphatic heterocycles. The number of hydrogen-bond acceptors (Lipinski definition) is 9. The Morgan fingerprint density at radius 3 is 1.94 bits per heavy atom. The standard InChI is InChI=1S/C53H67N3O11S2/c1-52(2)44(42(13-11-29-55(5,6)7)43-23-21-40(33-45(43)52)68(61,62)63)24-17-36-31-38(51(59)60)32-37(50(36)67-39-19-14-35(15-20-39)16-27-49(57)58)18-26-48-53(3,4)46-34-41(69(64,65)66)22-25-47(46)54(48)28-12-30-56(8,9)10/h14-15,17-26,33-34,38,42H,11-13,16,27-32H2,1-10H3,(H-3,57,58,59,60,61,62,63,64,65,66)/p+1/b26-18+,36-17+,44-24-. The van der Waals surface area contributed by atoms with Crippen molar-refractivity contribution in [1.82, 2.24) is 0 Å². The summed E-state index contributed by atoms with van der Waals surface area (Å²) in [6.45, 7) is 10.3. The first-order chi connectivity index (χ1) is 31.9. The van der Waals surface area contributed by atoms with Gasteiger partial charge in [-0.25, -0.2) is 16.8 Å². The van der Waals surface area contributed by atoms with E-state index in [1.165, 1.54) is 24.3 Å². The molecule has 3 aromatic rings. The van der Waals surface area contributed by atoms with Gasteiger partial charge in [0.2, 0.25) is 5.69 Å². The van der Waals surface area contributed by atoms with Crippen molar-refractivity contribution in [2.75, 3.05) is 61.9 Å². The summed E-state index contributed by atoms with van der Waals surface area (Å²) < 4.78 is 84.0. The summed E-state index contributed by atoms with van der Waals surface area (Å²) in [5.74, 6) is -1.98. The number of carboxylic acids is 2. The Morgan fingerprint density at radius 2 is 1.36 bits per heavy atom. The second kappa shape index (κ2) is 19.9.